The number of hydrogen-bond donors (Lipinski definition) is 1. The van der Waals surface area contributed by atoms with E-state index < -0.39 is 10.0 Å². The zero-order valence-corrected chi connectivity index (χ0v) is 17.6. The predicted octanol–water partition coefficient (Wildman–Crippen LogP) is 2.90. The van der Waals surface area contributed by atoms with Gasteiger partial charge in [0.15, 0.2) is 0 Å². The molecule has 6 nitrogen and oxygen atoms in total. The molecule has 1 aliphatic heterocycles. The Bertz CT molecular complexity index is 970. The Labute approximate surface area is 171 Å². The number of aryl methyl sites for hydroxylation is 2. The van der Waals surface area contributed by atoms with Gasteiger partial charge in [-0.05, 0) is 37.6 Å². The van der Waals surface area contributed by atoms with Crippen LogP contribution in [-0.4, -0.2) is 56.3 Å². The molecule has 28 heavy (non-hydrogen) atoms. The van der Waals surface area contributed by atoms with Crippen LogP contribution in [0.1, 0.15) is 11.1 Å². The maximum atomic E-state index is 12.9. The summed E-state index contributed by atoms with van der Waals surface area (Å²) in [6.45, 7) is 5.66. The van der Waals surface area contributed by atoms with Crippen molar-refractivity contribution in [2.45, 2.75) is 18.7 Å². The van der Waals surface area contributed by atoms with Gasteiger partial charge in [0.25, 0.3) is 0 Å². The molecule has 0 atom stereocenters. The summed E-state index contributed by atoms with van der Waals surface area (Å²) >= 11 is 6.06. The van der Waals surface area contributed by atoms with Gasteiger partial charge in [-0.15, -0.1) is 0 Å². The maximum Gasteiger partial charge on any atom is 0.243 e. The van der Waals surface area contributed by atoms with E-state index in [-0.39, 0.29) is 12.5 Å². The molecule has 1 N–H and O–H groups in total. The molecular weight excluding hydrogens is 398 g/mol. The maximum absolute atomic E-state index is 12.9. The molecule has 8 heteroatoms. The van der Waals surface area contributed by atoms with Crippen molar-refractivity contribution >= 4 is 33.2 Å². The number of piperazine rings is 1. The first-order valence-electron chi connectivity index (χ1n) is 9.11. The minimum atomic E-state index is -3.53. The van der Waals surface area contributed by atoms with Crippen LogP contribution in [0.15, 0.2) is 47.4 Å². The number of carbonyl (C=O) groups excluding carboxylic acids is 1. The highest BCUT2D eigenvalue weighted by Crippen LogP contribution is 2.23. The van der Waals surface area contributed by atoms with Crippen LogP contribution in [0.4, 0.5) is 5.69 Å². The number of nitrogens with zero attached hydrogens (tertiary/aromatic N) is 2. The van der Waals surface area contributed by atoms with Gasteiger partial charge < -0.3 is 5.32 Å². The molecule has 2 aromatic rings. The van der Waals surface area contributed by atoms with Crippen molar-refractivity contribution in [3.63, 3.8) is 0 Å². The Morgan fingerprint density at radius 3 is 2.39 bits per heavy atom. The SMILES string of the molecule is Cc1ccc(S(=O)(=O)N2CCN(CC(=O)Nc3ccccc3Cl)CC2)c(C)c1. The highest BCUT2D eigenvalue weighted by Gasteiger charge is 2.30. The summed E-state index contributed by atoms with van der Waals surface area (Å²) in [5.74, 6) is -0.168. The minimum absolute atomic E-state index is 0.168. The van der Waals surface area contributed by atoms with Crippen LogP contribution in [-0.2, 0) is 14.8 Å². The smallest absolute Gasteiger partial charge is 0.243 e. The summed E-state index contributed by atoms with van der Waals surface area (Å²) in [6, 6.07) is 12.4. The predicted molar refractivity (Wildman–Crippen MR) is 111 cm³/mol. The van der Waals surface area contributed by atoms with E-state index >= 15 is 0 Å². The van der Waals surface area contributed by atoms with E-state index in [2.05, 4.69) is 5.32 Å². The van der Waals surface area contributed by atoms with E-state index in [1.54, 1.807) is 30.3 Å². The summed E-state index contributed by atoms with van der Waals surface area (Å²) in [6.07, 6.45) is 0. The highest BCUT2D eigenvalue weighted by atomic mass is 35.5. The Morgan fingerprint density at radius 1 is 1.07 bits per heavy atom. The number of carbonyl (C=O) groups is 1. The van der Waals surface area contributed by atoms with Crippen LogP contribution in [0.25, 0.3) is 0 Å². The second-order valence-electron chi connectivity index (χ2n) is 6.98. The third-order valence-electron chi connectivity index (χ3n) is 4.79. The van der Waals surface area contributed by atoms with Gasteiger partial charge in [-0.25, -0.2) is 8.42 Å². The van der Waals surface area contributed by atoms with Crippen LogP contribution in [0.5, 0.6) is 0 Å². The van der Waals surface area contributed by atoms with Crippen molar-refractivity contribution in [3.8, 4) is 0 Å². The van der Waals surface area contributed by atoms with Gasteiger partial charge in [-0.2, -0.15) is 4.31 Å². The lowest BCUT2D eigenvalue weighted by atomic mass is 10.2. The molecule has 1 saturated heterocycles. The fourth-order valence-corrected chi connectivity index (χ4v) is 5.12. The van der Waals surface area contributed by atoms with Crippen LogP contribution in [0, 0.1) is 13.8 Å². The molecule has 1 heterocycles. The third kappa shape index (κ3) is 4.72. The number of sulfonamides is 1. The van der Waals surface area contributed by atoms with Crippen LogP contribution in [0.2, 0.25) is 5.02 Å². The largest absolute Gasteiger partial charge is 0.324 e. The molecule has 0 aliphatic carbocycles. The molecule has 0 spiro atoms. The molecule has 150 valence electrons. The lowest BCUT2D eigenvalue weighted by molar-refractivity contribution is -0.117. The molecule has 0 radical (unpaired) electrons. The zero-order chi connectivity index (χ0) is 20.3. The molecule has 3 rings (SSSR count). The van der Waals surface area contributed by atoms with Gasteiger partial charge in [0.2, 0.25) is 15.9 Å². The topological polar surface area (TPSA) is 69.7 Å². The molecule has 1 fully saturated rings. The summed E-state index contributed by atoms with van der Waals surface area (Å²) in [7, 11) is -3.53. The lowest BCUT2D eigenvalue weighted by Gasteiger charge is -2.33. The van der Waals surface area contributed by atoms with Crippen molar-refractivity contribution < 1.29 is 13.2 Å². The van der Waals surface area contributed by atoms with E-state index in [1.807, 2.05) is 30.9 Å². The van der Waals surface area contributed by atoms with Gasteiger partial charge in [-0.1, -0.05) is 41.4 Å². The molecular formula is C20H24ClN3O3S. The second kappa shape index (κ2) is 8.61. The normalized spacial score (nSPS) is 16.1. The number of anilines is 1. The van der Waals surface area contributed by atoms with Gasteiger partial charge in [-0.3, -0.25) is 9.69 Å². The van der Waals surface area contributed by atoms with Crippen molar-refractivity contribution in [2.75, 3.05) is 38.0 Å². The van der Waals surface area contributed by atoms with Crippen molar-refractivity contribution in [3.05, 3.63) is 58.6 Å². The number of halogens is 1. The first kappa shape index (κ1) is 20.8. The van der Waals surface area contributed by atoms with Gasteiger partial charge >= 0.3 is 0 Å². The van der Waals surface area contributed by atoms with Gasteiger partial charge in [0, 0.05) is 26.2 Å². The molecule has 0 unspecified atom stereocenters. The van der Waals surface area contributed by atoms with E-state index in [0.717, 1.165) is 11.1 Å². The third-order valence-corrected chi connectivity index (χ3v) is 7.18. The Balaban J connectivity index is 1.58. The van der Waals surface area contributed by atoms with Crippen LogP contribution < -0.4 is 5.32 Å². The van der Waals surface area contributed by atoms with Crippen LogP contribution >= 0.6 is 11.6 Å². The number of amides is 1. The van der Waals surface area contributed by atoms with E-state index in [1.165, 1.54) is 4.31 Å². The molecule has 0 aromatic heterocycles. The van der Waals surface area contributed by atoms with E-state index in [9.17, 15) is 13.2 Å². The van der Waals surface area contributed by atoms with Crippen molar-refractivity contribution in [1.82, 2.24) is 9.21 Å². The Hall–Kier alpha value is -1.93. The van der Waals surface area contributed by atoms with E-state index in [4.69, 9.17) is 11.6 Å². The fraction of sp³-hybridized carbons (Fsp3) is 0.350. The van der Waals surface area contributed by atoms with Crippen LogP contribution in [0.3, 0.4) is 0 Å². The number of hydrogen-bond acceptors (Lipinski definition) is 4. The number of rotatable bonds is 5. The number of nitrogens with one attached hydrogen (secondary N) is 1. The number of para-hydroxylation sites is 1. The quantitative estimate of drug-likeness (QED) is 0.805. The minimum Gasteiger partial charge on any atom is -0.324 e. The van der Waals surface area contributed by atoms with Gasteiger partial charge in [0.1, 0.15) is 0 Å². The van der Waals surface area contributed by atoms with Gasteiger partial charge in [0.05, 0.1) is 22.2 Å². The Kier molecular flexibility index (Phi) is 6.40. The average molecular weight is 422 g/mol. The standard InChI is InChI=1S/C20H24ClN3O3S/c1-15-7-8-19(16(2)13-15)28(26,27)24-11-9-23(10-12-24)14-20(25)22-18-6-4-3-5-17(18)21/h3-8,13H,9-12,14H2,1-2H3,(H,22,25). The molecule has 2 aromatic carbocycles. The van der Waals surface area contributed by atoms with E-state index in [0.29, 0.717) is 41.8 Å². The number of benzene rings is 2. The summed E-state index contributed by atoms with van der Waals surface area (Å²) in [4.78, 5) is 14.6. The molecule has 0 bridgehead atoms. The molecule has 1 aliphatic rings. The first-order chi connectivity index (χ1) is 13.3. The summed E-state index contributed by atoms with van der Waals surface area (Å²) < 4.78 is 27.4. The van der Waals surface area contributed by atoms with Crippen molar-refractivity contribution in [1.29, 1.82) is 0 Å². The highest BCUT2D eigenvalue weighted by molar-refractivity contribution is 7.89. The summed E-state index contributed by atoms with van der Waals surface area (Å²) in [5.41, 5.74) is 2.36. The Morgan fingerprint density at radius 2 is 1.75 bits per heavy atom. The summed E-state index contributed by atoms with van der Waals surface area (Å²) in [5, 5.41) is 3.28. The van der Waals surface area contributed by atoms with Crippen molar-refractivity contribution in [2.24, 2.45) is 0 Å². The average Bonchev–Trinajstić information content (AvgIpc) is 2.64. The molecule has 1 amide bonds. The second-order valence-corrected chi connectivity index (χ2v) is 9.29. The lowest BCUT2D eigenvalue weighted by Crippen LogP contribution is -2.50. The molecule has 0 saturated carbocycles. The zero-order valence-electron chi connectivity index (χ0n) is 16.0. The first-order valence-corrected chi connectivity index (χ1v) is 10.9. The fourth-order valence-electron chi connectivity index (χ4n) is 3.31. The monoisotopic (exact) mass is 421 g/mol.